The standard InChI is InChI=1S/C4H10O2Si.Li.H/c1-2-3-4-7-5-6-7;;/h7H,2-4H2,1H3;;/q;+1;-1. The Morgan fingerprint density at radius 3 is 2.50 bits per heavy atom. The fourth-order valence-corrected chi connectivity index (χ4v) is 1.75. The summed E-state index contributed by atoms with van der Waals surface area (Å²) in [5.41, 5.74) is 0. The van der Waals surface area contributed by atoms with E-state index in [0.29, 0.717) is 0 Å². The Balaban J connectivity index is 0. The number of hydrogen-bond acceptors (Lipinski definition) is 2. The largest absolute Gasteiger partial charge is 1.00 e. The zero-order valence-electron chi connectivity index (χ0n) is 6.52. The third-order valence-electron chi connectivity index (χ3n) is 1.03. The topological polar surface area (TPSA) is 25.1 Å². The molecule has 4 heteroatoms. The summed E-state index contributed by atoms with van der Waals surface area (Å²) < 4.78 is 9.30. The summed E-state index contributed by atoms with van der Waals surface area (Å²) in [5.74, 6) is 0. The average molecular weight is 126 g/mol. The Kier molecular flexibility index (Phi) is 5.02. The van der Waals surface area contributed by atoms with Crippen LogP contribution in [0.2, 0.25) is 6.04 Å². The maximum atomic E-state index is 4.65. The molecule has 0 spiro atoms. The predicted molar refractivity (Wildman–Crippen MR) is 30.1 cm³/mol. The smallest absolute Gasteiger partial charge is 1.00 e. The van der Waals surface area contributed by atoms with Gasteiger partial charge in [0.1, 0.15) is 0 Å². The molecule has 44 valence electrons. The molecule has 0 unspecified atom stereocenters. The first-order chi connectivity index (χ1) is 3.43. The first-order valence-corrected chi connectivity index (χ1v) is 4.51. The summed E-state index contributed by atoms with van der Waals surface area (Å²) in [7, 11) is -0.938. The summed E-state index contributed by atoms with van der Waals surface area (Å²) in [5, 5.41) is 0. The van der Waals surface area contributed by atoms with Crippen molar-refractivity contribution in [1.29, 1.82) is 0 Å². The number of unbranched alkanes of at least 4 members (excludes halogenated alkanes) is 1. The second kappa shape index (κ2) is 4.60. The van der Waals surface area contributed by atoms with Crippen LogP contribution in [0, 0.1) is 0 Å². The van der Waals surface area contributed by atoms with E-state index in [1.54, 1.807) is 0 Å². The van der Waals surface area contributed by atoms with Crippen molar-refractivity contribution >= 4 is 9.28 Å². The van der Waals surface area contributed by atoms with Crippen LogP contribution in [0.3, 0.4) is 0 Å². The molecule has 0 radical (unpaired) electrons. The van der Waals surface area contributed by atoms with Gasteiger partial charge in [-0.1, -0.05) is 19.8 Å². The summed E-state index contributed by atoms with van der Waals surface area (Å²) in [6.45, 7) is 2.18. The van der Waals surface area contributed by atoms with E-state index in [2.05, 4.69) is 16.1 Å². The molecule has 0 N–H and O–H groups in total. The Hall–Kier alpha value is 0.734. The molecule has 1 aliphatic heterocycles. The first kappa shape index (κ1) is 8.73. The van der Waals surface area contributed by atoms with Crippen molar-refractivity contribution in [2.75, 3.05) is 0 Å². The van der Waals surface area contributed by atoms with Crippen LogP contribution in [-0.2, 0) is 9.15 Å². The van der Waals surface area contributed by atoms with Crippen molar-refractivity contribution in [3.05, 3.63) is 0 Å². The van der Waals surface area contributed by atoms with Gasteiger partial charge in [-0.05, 0) is 6.04 Å². The van der Waals surface area contributed by atoms with Gasteiger partial charge in [0, 0.05) is 0 Å². The zero-order chi connectivity index (χ0) is 5.11. The average Bonchev–Trinajstić information content (AvgIpc) is 2.42. The third-order valence-corrected chi connectivity index (χ3v) is 2.37. The molecule has 0 aromatic carbocycles. The Bertz CT molecular complexity index is 62.5. The maximum Gasteiger partial charge on any atom is 1.00 e. The van der Waals surface area contributed by atoms with E-state index in [-0.39, 0.29) is 20.3 Å². The van der Waals surface area contributed by atoms with Gasteiger partial charge < -0.3 is 1.43 Å². The fourth-order valence-electron chi connectivity index (χ4n) is 0.506. The molecule has 1 heterocycles. The van der Waals surface area contributed by atoms with E-state index >= 15 is 0 Å². The molecular weight excluding hydrogens is 115 g/mol. The molecule has 0 amide bonds. The van der Waals surface area contributed by atoms with E-state index in [1.807, 2.05) is 0 Å². The van der Waals surface area contributed by atoms with Crippen molar-refractivity contribution in [2.24, 2.45) is 0 Å². The first-order valence-electron chi connectivity index (χ1n) is 2.75. The SMILES string of the molecule is CCCC[SiH]1OO1.[H-].[Li+]. The number of hydrogen-bond donors (Lipinski definition) is 0. The van der Waals surface area contributed by atoms with Crippen molar-refractivity contribution in [2.45, 2.75) is 25.8 Å². The minimum absolute atomic E-state index is 0. The van der Waals surface area contributed by atoms with E-state index in [0.717, 1.165) is 0 Å². The molecule has 0 bridgehead atoms. The van der Waals surface area contributed by atoms with Crippen molar-refractivity contribution in [3.63, 3.8) is 0 Å². The minimum atomic E-state index is -0.938. The summed E-state index contributed by atoms with van der Waals surface area (Å²) in [6.07, 6.45) is 2.53. The molecule has 0 atom stereocenters. The molecule has 0 aromatic rings. The normalized spacial score (nSPS) is 17.6. The van der Waals surface area contributed by atoms with Gasteiger partial charge >= 0.3 is 28.1 Å². The molecule has 0 aliphatic carbocycles. The molecule has 1 saturated heterocycles. The monoisotopic (exact) mass is 126 g/mol. The van der Waals surface area contributed by atoms with Gasteiger partial charge in [0.05, 0.1) is 0 Å². The van der Waals surface area contributed by atoms with Crippen LogP contribution in [0.25, 0.3) is 0 Å². The second-order valence-corrected chi connectivity index (χ2v) is 3.59. The summed E-state index contributed by atoms with van der Waals surface area (Å²) in [4.78, 5) is 0. The van der Waals surface area contributed by atoms with Crippen molar-refractivity contribution in [3.8, 4) is 0 Å². The summed E-state index contributed by atoms with van der Waals surface area (Å²) in [6, 6.07) is 1.20. The van der Waals surface area contributed by atoms with Gasteiger partial charge in [-0.15, -0.1) is 0 Å². The third kappa shape index (κ3) is 3.70. The summed E-state index contributed by atoms with van der Waals surface area (Å²) >= 11 is 0. The molecule has 1 fully saturated rings. The van der Waals surface area contributed by atoms with Gasteiger partial charge in [0.2, 0.25) is 0 Å². The van der Waals surface area contributed by atoms with E-state index < -0.39 is 9.28 Å². The molecular formula is C4H11LiO2Si. The van der Waals surface area contributed by atoms with Crippen LogP contribution in [-0.4, -0.2) is 9.28 Å². The van der Waals surface area contributed by atoms with Gasteiger partial charge in [-0.25, -0.2) is 0 Å². The van der Waals surface area contributed by atoms with Crippen LogP contribution >= 0.6 is 0 Å². The van der Waals surface area contributed by atoms with Crippen LogP contribution < -0.4 is 18.9 Å². The van der Waals surface area contributed by atoms with Crippen LogP contribution in [0.15, 0.2) is 0 Å². The Morgan fingerprint density at radius 2 is 2.12 bits per heavy atom. The maximum absolute atomic E-state index is 4.65. The van der Waals surface area contributed by atoms with E-state index in [9.17, 15) is 0 Å². The van der Waals surface area contributed by atoms with Crippen LogP contribution in [0.5, 0.6) is 0 Å². The van der Waals surface area contributed by atoms with Gasteiger partial charge in [0.25, 0.3) is 0 Å². The van der Waals surface area contributed by atoms with Crippen molar-refractivity contribution < 1.29 is 29.4 Å². The number of rotatable bonds is 3. The minimum Gasteiger partial charge on any atom is -1.00 e. The van der Waals surface area contributed by atoms with Gasteiger partial charge in [-0.2, -0.15) is 0 Å². The predicted octanol–water partition coefficient (Wildman–Crippen LogP) is -1.91. The Morgan fingerprint density at radius 1 is 1.50 bits per heavy atom. The molecule has 1 rings (SSSR count). The molecule has 8 heavy (non-hydrogen) atoms. The molecule has 2 nitrogen and oxygen atoms in total. The fraction of sp³-hybridized carbons (Fsp3) is 1.00. The zero-order valence-corrected chi connectivity index (χ0v) is 6.67. The molecule has 0 aromatic heterocycles. The van der Waals surface area contributed by atoms with Gasteiger partial charge in [0.15, 0.2) is 0 Å². The van der Waals surface area contributed by atoms with Crippen LogP contribution in [0.4, 0.5) is 0 Å². The molecule has 1 aliphatic rings. The van der Waals surface area contributed by atoms with E-state index in [4.69, 9.17) is 0 Å². The molecule has 0 saturated carbocycles. The van der Waals surface area contributed by atoms with Gasteiger partial charge in [-0.3, -0.25) is 9.15 Å². The second-order valence-electron chi connectivity index (χ2n) is 1.76. The quantitative estimate of drug-likeness (QED) is 0.250. The van der Waals surface area contributed by atoms with Crippen LogP contribution in [0.1, 0.15) is 21.2 Å². The van der Waals surface area contributed by atoms with E-state index in [1.165, 1.54) is 18.9 Å². The van der Waals surface area contributed by atoms with Crippen molar-refractivity contribution in [1.82, 2.24) is 0 Å². The Labute approximate surface area is 65.0 Å².